The van der Waals surface area contributed by atoms with Gasteiger partial charge in [0.25, 0.3) is 0 Å². The van der Waals surface area contributed by atoms with Crippen LogP contribution in [0.3, 0.4) is 0 Å². The van der Waals surface area contributed by atoms with Crippen LogP contribution in [0.2, 0.25) is 0 Å². The number of carbonyl (C=O) groups is 3. The summed E-state index contributed by atoms with van der Waals surface area (Å²) in [4.78, 5) is 32.3. The molecule has 3 fully saturated rings. The summed E-state index contributed by atoms with van der Waals surface area (Å²) in [7, 11) is 0. The number of Topliss-reactive ketones (excluding diaryl/α,β-unsaturated/α-hetero) is 1. The molecule has 6 unspecified atom stereocenters. The summed E-state index contributed by atoms with van der Waals surface area (Å²) in [5, 5.41) is 19.2. The highest BCUT2D eigenvalue weighted by Gasteiger charge is 2.61. The number of ketones is 1. The molecule has 4 aliphatic rings. The Morgan fingerprint density at radius 2 is 1.77 bits per heavy atom. The normalized spacial score (nSPS) is 34.7. The minimum absolute atomic E-state index is 0.113. The van der Waals surface area contributed by atoms with Crippen molar-refractivity contribution in [3.63, 3.8) is 0 Å². The van der Waals surface area contributed by atoms with E-state index in [0.29, 0.717) is 30.2 Å². The molecule has 3 aliphatic carbocycles. The van der Waals surface area contributed by atoms with Crippen LogP contribution >= 0.6 is 0 Å². The summed E-state index contributed by atoms with van der Waals surface area (Å²) in [6.45, 7) is 11.1. The molecule has 6 heteroatoms. The second-order valence-electron chi connectivity index (χ2n) is 11.1. The van der Waals surface area contributed by atoms with E-state index in [-0.39, 0.29) is 23.2 Å². The fourth-order valence-electron chi connectivity index (χ4n) is 6.66. The highest BCUT2D eigenvalue weighted by molar-refractivity contribution is 5.88. The van der Waals surface area contributed by atoms with Crippen LogP contribution in [0.1, 0.15) is 77.1 Å². The first-order valence-corrected chi connectivity index (χ1v) is 12.7. The number of carbonyl (C=O) groups excluding carboxylic acids is 2. The molecule has 192 valence electrons. The maximum atomic E-state index is 13.3. The molecule has 0 spiro atoms. The van der Waals surface area contributed by atoms with Gasteiger partial charge in [-0.25, -0.2) is 4.79 Å². The zero-order valence-electron chi connectivity index (χ0n) is 21.6. The van der Waals surface area contributed by atoms with Crippen molar-refractivity contribution in [2.75, 3.05) is 6.61 Å². The van der Waals surface area contributed by atoms with Crippen LogP contribution < -0.4 is 0 Å². The Kier molecular flexibility index (Phi) is 8.38. The average molecular weight is 485 g/mol. The van der Waals surface area contributed by atoms with Gasteiger partial charge in [0, 0.05) is 18.8 Å². The number of aliphatic hydroxyl groups is 1. The van der Waals surface area contributed by atoms with Gasteiger partial charge in [-0.05, 0) is 69.4 Å². The minimum Gasteiger partial charge on any atom is -0.478 e. The molecule has 0 aromatic heterocycles. The first kappa shape index (κ1) is 27.3. The van der Waals surface area contributed by atoms with Crippen molar-refractivity contribution in [1.29, 1.82) is 0 Å². The smallest absolute Gasteiger partial charge is 0.335 e. The second kappa shape index (κ2) is 10.8. The van der Waals surface area contributed by atoms with Crippen LogP contribution in [0.5, 0.6) is 0 Å². The Labute approximate surface area is 208 Å². The van der Waals surface area contributed by atoms with E-state index < -0.39 is 17.5 Å². The summed E-state index contributed by atoms with van der Waals surface area (Å²) in [5.74, 6) is 0.752. The van der Waals surface area contributed by atoms with Gasteiger partial charge < -0.3 is 19.7 Å². The summed E-state index contributed by atoms with van der Waals surface area (Å²) < 4.78 is 5.70. The summed E-state index contributed by atoms with van der Waals surface area (Å²) in [6, 6.07) is 8.30. The molecule has 2 saturated carbocycles. The van der Waals surface area contributed by atoms with E-state index in [0.717, 1.165) is 25.7 Å². The van der Waals surface area contributed by atoms with Gasteiger partial charge in [-0.2, -0.15) is 0 Å². The molecule has 6 atom stereocenters. The van der Waals surface area contributed by atoms with E-state index in [9.17, 15) is 14.7 Å². The zero-order chi connectivity index (χ0) is 26.0. The van der Waals surface area contributed by atoms with E-state index >= 15 is 0 Å². The maximum absolute atomic E-state index is 13.3. The van der Waals surface area contributed by atoms with E-state index in [4.69, 9.17) is 14.6 Å². The van der Waals surface area contributed by atoms with Crippen molar-refractivity contribution in [3.05, 3.63) is 47.0 Å². The topological polar surface area (TPSA) is 101 Å². The third-order valence-corrected chi connectivity index (χ3v) is 9.09. The van der Waals surface area contributed by atoms with Crippen LogP contribution in [0.25, 0.3) is 0 Å². The zero-order valence-corrected chi connectivity index (χ0v) is 21.6. The van der Waals surface area contributed by atoms with Crippen molar-refractivity contribution < 1.29 is 29.3 Å². The van der Waals surface area contributed by atoms with Crippen molar-refractivity contribution in [1.82, 2.24) is 0 Å². The highest BCUT2D eigenvalue weighted by atomic mass is 16.5. The van der Waals surface area contributed by atoms with Crippen LogP contribution in [0, 0.1) is 28.6 Å². The SMILES string of the molecule is CC1=C2CC(=O)C3(C)C(O)CC4OCC4C3CC(CC1)C2(C)C.CC=O.O=C(O)c1ccccc1. The van der Waals surface area contributed by atoms with Gasteiger partial charge in [0.05, 0.1) is 29.8 Å². The van der Waals surface area contributed by atoms with E-state index in [1.165, 1.54) is 24.5 Å². The number of fused-ring (bicyclic) bond motifs is 5. The summed E-state index contributed by atoms with van der Waals surface area (Å²) >= 11 is 0. The first-order chi connectivity index (χ1) is 16.5. The number of hydrogen-bond donors (Lipinski definition) is 2. The van der Waals surface area contributed by atoms with Gasteiger partial charge in [0.15, 0.2) is 0 Å². The van der Waals surface area contributed by atoms with Crippen molar-refractivity contribution in [2.24, 2.45) is 28.6 Å². The number of aliphatic hydroxyl groups excluding tert-OH is 1. The molecule has 35 heavy (non-hydrogen) atoms. The Balaban J connectivity index is 0.000000238. The molecule has 1 aromatic carbocycles. The molecular formula is C29H40O6. The lowest BCUT2D eigenvalue weighted by molar-refractivity contribution is -0.227. The molecule has 1 saturated heterocycles. The standard InChI is InChI=1S/C20H30O3.C7H6O2.C2H4O/c1-11-5-6-12-7-15-13-10-23-16(13)9-18(22)20(15,4)17(21)8-14(11)19(12,2)3;8-7(9)6-4-2-1-3-5-6;1-2-3/h12-13,15-16,18,22H,5-10H2,1-4H3;1-5H,(H,8,9);2H,1H3. The number of allylic oxidation sites excluding steroid dienone is 2. The molecule has 0 radical (unpaired) electrons. The predicted molar refractivity (Wildman–Crippen MR) is 134 cm³/mol. The summed E-state index contributed by atoms with van der Waals surface area (Å²) in [5.41, 5.74) is 2.64. The monoisotopic (exact) mass is 484 g/mol. The van der Waals surface area contributed by atoms with Gasteiger partial charge in [-0.3, -0.25) is 4.79 Å². The predicted octanol–water partition coefficient (Wildman–Crippen LogP) is 5.09. The van der Waals surface area contributed by atoms with Gasteiger partial charge in [0.1, 0.15) is 12.1 Å². The molecule has 1 aromatic rings. The van der Waals surface area contributed by atoms with Crippen molar-refractivity contribution in [2.45, 2.75) is 78.9 Å². The number of hydrogen-bond acceptors (Lipinski definition) is 5. The molecule has 5 rings (SSSR count). The van der Waals surface area contributed by atoms with Gasteiger partial charge >= 0.3 is 5.97 Å². The van der Waals surface area contributed by atoms with Crippen LogP contribution in [0.4, 0.5) is 0 Å². The molecule has 2 bridgehead atoms. The fraction of sp³-hybridized carbons (Fsp3) is 0.621. The number of carboxylic acid groups (broad SMARTS) is 1. The van der Waals surface area contributed by atoms with Crippen molar-refractivity contribution in [3.8, 4) is 0 Å². The Morgan fingerprint density at radius 1 is 1.14 bits per heavy atom. The molecule has 1 aliphatic heterocycles. The lowest BCUT2D eigenvalue weighted by Gasteiger charge is -2.59. The molecule has 6 nitrogen and oxygen atoms in total. The fourth-order valence-corrected chi connectivity index (χ4v) is 6.66. The van der Waals surface area contributed by atoms with Gasteiger partial charge in [0.2, 0.25) is 0 Å². The van der Waals surface area contributed by atoms with Crippen molar-refractivity contribution >= 4 is 18.0 Å². The van der Waals surface area contributed by atoms with E-state index in [1.54, 1.807) is 30.3 Å². The first-order valence-electron chi connectivity index (χ1n) is 12.7. The largest absolute Gasteiger partial charge is 0.478 e. The van der Waals surface area contributed by atoms with E-state index in [2.05, 4.69) is 20.8 Å². The molecule has 2 N–H and O–H groups in total. The number of carboxylic acids is 1. The number of aldehydes is 1. The van der Waals surface area contributed by atoms with Gasteiger partial charge in [-0.1, -0.05) is 43.2 Å². The number of ether oxygens (including phenoxy) is 1. The lowest BCUT2D eigenvalue weighted by Crippen LogP contribution is -2.63. The van der Waals surface area contributed by atoms with Gasteiger partial charge in [-0.15, -0.1) is 0 Å². The minimum atomic E-state index is -0.879. The highest BCUT2D eigenvalue weighted by Crippen LogP contribution is 2.59. The number of rotatable bonds is 1. The Hall–Kier alpha value is -2.31. The third kappa shape index (κ3) is 5.14. The quantitative estimate of drug-likeness (QED) is 0.425. The van der Waals surface area contributed by atoms with Crippen LogP contribution in [0.15, 0.2) is 41.5 Å². The lowest BCUT2D eigenvalue weighted by atomic mass is 9.49. The van der Waals surface area contributed by atoms with Crippen LogP contribution in [-0.4, -0.2) is 47.1 Å². The summed E-state index contributed by atoms with van der Waals surface area (Å²) in [6.07, 6.45) is 4.97. The number of aromatic carboxylic acids is 1. The molecule has 1 heterocycles. The van der Waals surface area contributed by atoms with Crippen LogP contribution in [-0.2, 0) is 14.3 Å². The molecule has 0 amide bonds. The second-order valence-corrected chi connectivity index (χ2v) is 11.1. The Bertz CT molecular complexity index is 965. The third-order valence-electron chi connectivity index (χ3n) is 9.09. The average Bonchev–Trinajstić information content (AvgIpc) is 2.80. The molecular weight excluding hydrogens is 444 g/mol. The Morgan fingerprint density at radius 3 is 2.29 bits per heavy atom. The number of benzene rings is 1. The maximum Gasteiger partial charge on any atom is 0.335 e. The van der Waals surface area contributed by atoms with E-state index in [1.807, 2.05) is 6.92 Å².